The summed E-state index contributed by atoms with van der Waals surface area (Å²) in [6.07, 6.45) is 3.64. The van der Waals surface area contributed by atoms with Gasteiger partial charge in [0.25, 0.3) is 6.26 Å². The van der Waals surface area contributed by atoms with Crippen LogP contribution in [-0.4, -0.2) is 11.2 Å². The molecule has 0 atom stereocenters. The second kappa shape index (κ2) is 5.26. The van der Waals surface area contributed by atoms with Crippen LogP contribution in [0, 0.1) is 11.5 Å². The normalized spacial score (nSPS) is 9.33. The molecule has 3 nitrogen and oxygen atoms in total. The third kappa shape index (κ3) is 2.37. The lowest BCUT2D eigenvalue weighted by Gasteiger charge is -1.94. The minimum absolute atomic E-state index is 0. The third-order valence-corrected chi connectivity index (χ3v) is 3.70. The van der Waals surface area contributed by atoms with Crippen LogP contribution in [0.4, 0.5) is 0 Å². The van der Waals surface area contributed by atoms with Crippen molar-refractivity contribution in [3.63, 3.8) is 0 Å². The third-order valence-electron chi connectivity index (χ3n) is 1.69. The molecule has 0 unspecified atom stereocenters. The Bertz CT molecular complexity index is 504. The van der Waals surface area contributed by atoms with Crippen molar-refractivity contribution in [2.24, 2.45) is 0 Å². The predicted octanol–water partition coefficient (Wildman–Crippen LogP) is 2.99. The highest BCUT2D eigenvalue weighted by atomic mass is 32.2. The highest BCUT2D eigenvalue weighted by Crippen LogP contribution is 2.33. The number of nitrogens with zero attached hydrogens (tertiary/aromatic N) is 2. The van der Waals surface area contributed by atoms with E-state index in [-0.39, 0.29) is 13.5 Å². The van der Waals surface area contributed by atoms with Crippen LogP contribution in [0.25, 0.3) is 10.2 Å². The molecular formula is C9H8N2OS3. The molecule has 6 heteroatoms. The minimum Gasteiger partial charge on any atom is -0.386 e. The smallest absolute Gasteiger partial charge is 0.292 e. The van der Waals surface area contributed by atoms with E-state index in [0.717, 1.165) is 14.6 Å². The van der Waals surface area contributed by atoms with Crippen molar-refractivity contribution in [1.29, 1.82) is 5.26 Å². The highest BCUT2D eigenvalue weighted by molar-refractivity contribution is 8.00. The maximum Gasteiger partial charge on any atom is 0.292 e. The van der Waals surface area contributed by atoms with E-state index in [2.05, 4.69) is 4.98 Å². The number of aromatic nitrogens is 1. The van der Waals surface area contributed by atoms with Crippen molar-refractivity contribution in [3.05, 3.63) is 18.2 Å². The van der Waals surface area contributed by atoms with E-state index < -0.39 is 0 Å². The first-order valence-corrected chi connectivity index (χ1v) is 5.88. The molecule has 2 rings (SSSR count). The Hall–Kier alpha value is -0.900. The fourth-order valence-corrected chi connectivity index (χ4v) is 2.62. The Kier molecular flexibility index (Phi) is 4.27. The number of fused-ring (bicyclic) bond motifs is 1. The molecule has 1 aromatic heterocycles. The summed E-state index contributed by atoms with van der Waals surface area (Å²) < 4.78 is 6.84. The van der Waals surface area contributed by atoms with Crippen molar-refractivity contribution in [1.82, 2.24) is 4.98 Å². The Morgan fingerprint density at radius 2 is 2.33 bits per heavy atom. The van der Waals surface area contributed by atoms with E-state index in [0.29, 0.717) is 5.75 Å². The van der Waals surface area contributed by atoms with E-state index in [1.165, 1.54) is 0 Å². The van der Waals surface area contributed by atoms with Gasteiger partial charge in [-0.25, -0.2) is 4.98 Å². The fourth-order valence-electron chi connectivity index (χ4n) is 1.12. The van der Waals surface area contributed by atoms with Gasteiger partial charge in [-0.3, -0.25) is 0 Å². The Morgan fingerprint density at radius 1 is 1.53 bits per heavy atom. The average Bonchev–Trinajstić information content (AvgIpc) is 2.62. The van der Waals surface area contributed by atoms with Crippen LogP contribution in [0.5, 0.6) is 5.75 Å². The lowest BCUT2D eigenvalue weighted by molar-refractivity contribution is 0.512. The SMILES string of the molecule is CSc1nc2c(OC#N)cccc2s1.S. The van der Waals surface area contributed by atoms with Crippen molar-refractivity contribution >= 4 is 46.8 Å². The number of ether oxygens (including phenoxy) is 1. The molecule has 1 aromatic carbocycles. The van der Waals surface area contributed by atoms with Gasteiger partial charge in [0.1, 0.15) is 5.52 Å². The molecule has 0 spiro atoms. The molecule has 0 saturated carbocycles. The van der Waals surface area contributed by atoms with Gasteiger partial charge in [-0.05, 0) is 18.4 Å². The summed E-state index contributed by atoms with van der Waals surface area (Å²) in [5.74, 6) is 0.529. The molecule has 0 aliphatic heterocycles. The Balaban J connectivity index is 0.00000112. The van der Waals surface area contributed by atoms with E-state index in [4.69, 9.17) is 10.00 Å². The monoisotopic (exact) mass is 256 g/mol. The second-order valence-electron chi connectivity index (χ2n) is 2.48. The highest BCUT2D eigenvalue weighted by Gasteiger charge is 2.07. The summed E-state index contributed by atoms with van der Waals surface area (Å²) in [7, 11) is 0. The average molecular weight is 256 g/mol. The van der Waals surface area contributed by atoms with Crippen molar-refractivity contribution in [3.8, 4) is 12.0 Å². The molecule has 0 amide bonds. The van der Waals surface area contributed by atoms with Gasteiger partial charge in [0, 0.05) is 0 Å². The first-order chi connectivity index (χ1) is 6.85. The number of rotatable bonds is 2. The van der Waals surface area contributed by atoms with E-state index in [1.807, 2.05) is 18.4 Å². The lowest BCUT2D eigenvalue weighted by atomic mass is 10.3. The standard InChI is InChI=1S/C9H6N2OS2.H2S/c1-13-9-11-8-6(12-5-10)3-2-4-7(8)14-9;/h2-4H,1H3;1H2. The van der Waals surface area contributed by atoms with E-state index in [1.54, 1.807) is 35.4 Å². The Labute approximate surface area is 103 Å². The fraction of sp³-hybridized carbons (Fsp3) is 0.111. The molecule has 0 N–H and O–H groups in total. The van der Waals surface area contributed by atoms with Crippen LogP contribution in [0.15, 0.2) is 22.5 Å². The molecule has 1 heterocycles. The van der Waals surface area contributed by atoms with Gasteiger partial charge in [0.2, 0.25) is 0 Å². The summed E-state index contributed by atoms with van der Waals surface area (Å²) in [6.45, 7) is 0. The molecule has 0 saturated heterocycles. The van der Waals surface area contributed by atoms with Gasteiger partial charge in [-0.1, -0.05) is 17.8 Å². The number of thioether (sulfide) groups is 1. The maximum absolute atomic E-state index is 8.44. The summed E-state index contributed by atoms with van der Waals surface area (Å²) in [5, 5.41) is 8.44. The number of nitriles is 1. The molecule has 0 radical (unpaired) electrons. The van der Waals surface area contributed by atoms with Crippen LogP contribution in [-0.2, 0) is 0 Å². The summed E-state index contributed by atoms with van der Waals surface area (Å²) >= 11 is 3.19. The summed E-state index contributed by atoms with van der Waals surface area (Å²) in [5.41, 5.74) is 0.767. The molecule has 78 valence electrons. The molecule has 2 aromatic rings. The predicted molar refractivity (Wildman–Crippen MR) is 68.0 cm³/mol. The zero-order valence-corrected chi connectivity index (χ0v) is 10.5. The van der Waals surface area contributed by atoms with Crippen molar-refractivity contribution < 1.29 is 4.74 Å². The summed E-state index contributed by atoms with van der Waals surface area (Å²) in [4.78, 5) is 4.36. The molecule has 0 aliphatic rings. The van der Waals surface area contributed by atoms with E-state index in [9.17, 15) is 0 Å². The van der Waals surface area contributed by atoms with Crippen LogP contribution < -0.4 is 4.74 Å². The van der Waals surface area contributed by atoms with Gasteiger partial charge in [-0.15, -0.1) is 16.6 Å². The molecule has 15 heavy (non-hydrogen) atoms. The van der Waals surface area contributed by atoms with Gasteiger partial charge < -0.3 is 4.74 Å². The zero-order valence-electron chi connectivity index (χ0n) is 7.85. The molecule has 0 aliphatic carbocycles. The van der Waals surface area contributed by atoms with Crippen LogP contribution in [0.1, 0.15) is 0 Å². The largest absolute Gasteiger partial charge is 0.386 e. The van der Waals surface area contributed by atoms with Crippen molar-refractivity contribution in [2.75, 3.05) is 6.26 Å². The van der Waals surface area contributed by atoms with Gasteiger partial charge in [0.15, 0.2) is 10.1 Å². The van der Waals surface area contributed by atoms with Gasteiger partial charge in [-0.2, -0.15) is 13.5 Å². The Morgan fingerprint density at radius 3 is 3.00 bits per heavy atom. The molecular weight excluding hydrogens is 248 g/mol. The first kappa shape index (κ1) is 12.2. The number of hydrogen-bond acceptors (Lipinski definition) is 5. The quantitative estimate of drug-likeness (QED) is 0.612. The van der Waals surface area contributed by atoms with Crippen LogP contribution in [0.2, 0.25) is 0 Å². The molecule has 0 bridgehead atoms. The first-order valence-electron chi connectivity index (χ1n) is 3.84. The minimum atomic E-state index is 0. The number of benzene rings is 1. The van der Waals surface area contributed by atoms with Gasteiger partial charge in [0.05, 0.1) is 4.70 Å². The zero-order chi connectivity index (χ0) is 9.97. The van der Waals surface area contributed by atoms with Gasteiger partial charge >= 0.3 is 0 Å². The maximum atomic E-state index is 8.44. The topological polar surface area (TPSA) is 45.9 Å². The van der Waals surface area contributed by atoms with E-state index >= 15 is 0 Å². The molecule has 0 fully saturated rings. The van der Waals surface area contributed by atoms with Crippen molar-refractivity contribution in [2.45, 2.75) is 4.34 Å². The number of para-hydroxylation sites is 1. The van der Waals surface area contributed by atoms with Crippen LogP contribution in [0.3, 0.4) is 0 Å². The summed E-state index contributed by atoms with van der Waals surface area (Å²) in [6, 6.07) is 5.57. The lowest BCUT2D eigenvalue weighted by Crippen LogP contribution is -1.82. The van der Waals surface area contributed by atoms with Crippen LogP contribution >= 0.6 is 36.6 Å². The second-order valence-corrected chi connectivity index (χ2v) is 4.56. The number of thiazole rings is 1. The number of hydrogen-bond donors (Lipinski definition) is 0.